The van der Waals surface area contributed by atoms with Gasteiger partial charge in [0.05, 0.1) is 6.33 Å². The molecule has 102 valence electrons. The lowest BCUT2D eigenvalue weighted by molar-refractivity contribution is 0.373. The van der Waals surface area contributed by atoms with Gasteiger partial charge in [-0.3, -0.25) is 0 Å². The zero-order valence-electron chi connectivity index (χ0n) is 11.5. The fourth-order valence-electron chi connectivity index (χ4n) is 2.97. The van der Waals surface area contributed by atoms with Gasteiger partial charge in [0.15, 0.2) is 0 Å². The fraction of sp³-hybridized carbons (Fsp3) is 0.444. The molecule has 1 aromatic carbocycles. The predicted octanol–water partition coefficient (Wildman–Crippen LogP) is 5.56. The second-order valence-corrected chi connectivity index (χ2v) is 5.50. The Morgan fingerprint density at radius 1 is 1.11 bits per heavy atom. The van der Waals surface area contributed by atoms with E-state index in [2.05, 4.69) is 30.8 Å². The molecule has 0 saturated heterocycles. The SMILES string of the molecule is C=CCCc1ccc(C2CCC(C=CF)CC2)cc1. The molecule has 0 atom stereocenters. The van der Waals surface area contributed by atoms with Crippen LogP contribution in [-0.4, -0.2) is 0 Å². The minimum Gasteiger partial charge on any atom is -0.216 e. The zero-order chi connectivity index (χ0) is 13.5. The first-order valence-electron chi connectivity index (χ1n) is 7.30. The van der Waals surface area contributed by atoms with Crippen LogP contribution in [0.3, 0.4) is 0 Å². The standard InChI is InChI=1S/C18H23F/c1-2-3-4-15-5-9-17(10-6-15)18-11-7-16(8-12-18)13-14-19/h2,5-6,9-10,13-14,16,18H,1,3-4,7-8,11-12H2. The van der Waals surface area contributed by atoms with Crippen LogP contribution in [0.5, 0.6) is 0 Å². The Bertz CT molecular complexity index is 408. The summed E-state index contributed by atoms with van der Waals surface area (Å²) in [5.41, 5.74) is 2.84. The molecular formula is C18H23F. The molecule has 0 nitrogen and oxygen atoms in total. The van der Waals surface area contributed by atoms with Gasteiger partial charge in [-0.1, -0.05) is 36.4 Å². The lowest BCUT2D eigenvalue weighted by Crippen LogP contribution is -2.11. The first kappa shape index (κ1) is 14.0. The smallest absolute Gasteiger partial charge is 0.0829 e. The highest BCUT2D eigenvalue weighted by Gasteiger charge is 2.20. The fourth-order valence-corrected chi connectivity index (χ4v) is 2.97. The van der Waals surface area contributed by atoms with E-state index in [0.29, 0.717) is 18.2 Å². The van der Waals surface area contributed by atoms with Crippen LogP contribution in [0.2, 0.25) is 0 Å². The normalized spacial score (nSPS) is 23.6. The molecule has 0 radical (unpaired) electrons. The van der Waals surface area contributed by atoms with Crippen LogP contribution < -0.4 is 0 Å². The Balaban J connectivity index is 1.90. The topological polar surface area (TPSA) is 0 Å². The Hall–Kier alpha value is -1.37. The van der Waals surface area contributed by atoms with Gasteiger partial charge in [-0.05, 0) is 61.5 Å². The van der Waals surface area contributed by atoms with Crippen LogP contribution in [0.15, 0.2) is 49.3 Å². The molecule has 0 heterocycles. The average molecular weight is 258 g/mol. The molecular weight excluding hydrogens is 235 g/mol. The molecule has 0 amide bonds. The Labute approximate surface area is 116 Å². The summed E-state index contributed by atoms with van der Waals surface area (Å²) in [4.78, 5) is 0. The number of rotatable bonds is 5. The highest BCUT2D eigenvalue weighted by molar-refractivity contribution is 5.26. The van der Waals surface area contributed by atoms with Gasteiger partial charge in [0.25, 0.3) is 0 Å². The summed E-state index contributed by atoms with van der Waals surface area (Å²) >= 11 is 0. The molecule has 0 N–H and O–H groups in total. The van der Waals surface area contributed by atoms with E-state index in [1.807, 2.05) is 6.08 Å². The Kier molecular flexibility index (Phi) is 5.38. The lowest BCUT2D eigenvalue weighted by Gasteiger charge is -2.27. The Morgan fingerprint density at radius 2 is 1.79 bits per heavy atom. The third-order valence-electron chi connectivity index (χ3n) is 4.21. The highest BCUT2D eigenvalue weighted by atomic mass is 19.1. The molecule has 1 aliphatic carbocycles. The van der Waals surface area contributed by atoms with Gasteiger partial charge in [0.1, 0.15) is 0 Å². The van der Waals surface area contributed by atoms with Crippen LogP contribution in [0.4, 0.5) is 4.39 Å². The van der Waals surface area contributed by atoms with Crippen molar-refractivity contribution >= 4 is 0 Å². The van der Waals surface area contributed by atoms with Crippen LogP contribution in [0.1, 0.15) is 49.1 Å². The van der Waals surface area contributed by atoms with E-state index < -0.39 is 0 Å². The van der Waals surface area contributed by atoms with Crippen LogP contribution >= 0.6 is 0 Å². The monoisotopic (exact) mass is 258 g/mol. The predicted molar refractivity (Wildman–Crippen MR) is 79.9 cm³/mol. The van der Waals surface area contributed by atoms with Crippen molar-refractivity contribution in [1.82, 2.24) is 0 Å². The van der Waals surface area contributed by atoms with Gasteiger partial charge in [0.2, 0.25) is 0 Å². The quantitative estimate of drug-likeness (QED) is 0.606. The van der Waals surface area contributed by atoms with Crippen LogP contribution in [0, 0.1) is 5.92 Å². The van der Waals surface area contributed by atoms with Crippen LogP contribution in [0.25, 0.3) is 0 Å². The molecule has 0 aliphatic heterocycles. The molecule has 19 heavy (non-hydrogen) atoms. The first-order chi connectivity index (χ1) is 9.33. The second kappa shape index (κ2) is 7.28. The van der Waals surface area contributed by atoms with E-state index in [0.717, 1.165) is 25.7 Å². The number of hydrogen-bond acceptors (Lipinski definition) is 0. The lowest BCUT2D eigenvalue weighted by atomic mass is 9.78. The molecule has 1 aromatic rings. The minimum absolute atomic E-state index is 0.452. The summed E-state index contributed by atoms with van der Waals surface area (Å²) in [7, 11) is 0. The first-order valence-corrected chi connectivity index (χ1v) is 7.30. The molecule has 2 rings (SSSR count). The van der Waals surface area contributed by atoms with Gasteiger partial charge in [-0.25, -0.2) is 4.39 Å². The third kappa shape index (κ3) is 4.05. The van der Waals surface area contributed by atoms with E-state index in [1.165, 1.54) is 24.0 Å². The van der Waals surface area contributed by atoms with Crippen molar-refractivity contribution in [2.75, 3.05) is 0 Å². The molecule has 1 aliphatic rings. The molecule has 0 unspecified atom stereocenters. The number of aryl methyl sites for hydroxylation is 1. The number of allylic oxidation sites excluding steroid dienone is 2. The van der Waals surface area contributed by atoms with E-state index >= 15 is 0 Å². The highest BCUT2D eigenvalue weighted by Crippen LogP contribution is 2.36. The zero-order valence-corrected chi connectivity index (χ0v) is 11.5. The van der Waals surface area contributed by atoms with Gasteiger partial charge < -0.3 is 0 Å². The van der Waals surface area contributed by atoms with Crippen molar-refractivity contribution in [3.05, 3.63) is 60.5 Å². The maximum atomic E-state index is 12.2. The van der Waals surface area contributed by atoms with Crippen molar-refractivity contribution in [3.63, 3.8) is 0 Å². The van der Waals surface area contributed by atoms with Gasteiger partial charge >= 0.3 is 0 Å². The molecule has 0 bridgehead atoms. The van der Waals surface area contributed by atoms with Crippen molar-refractivity contribution in [2.45, 2.75) is 44.4 Å². The van der Waals surface area contributed by atoms with Crippen molar-refractivity contribution in [1.29, 1.82) is 0 Å². The number of benzene rings is 1. The second-order valence-electron chi connectivity index (χ2n) is 5.50. The van der Waals surface area contributed by atoms with Crippen molar-refractivity contribution in [2.24, 2.45) is 5.92 Å². The maximum absolute atomic E-state index is 12.2. The average Bonchev–Trinajstić information content (AvgIpc) is 2.47. The third-order valence-corrected chi connectivity index (χ3v) is 4.21. The van der Waals surface area contributed by atoms with E-state index in [-0.39, 0.29) is 0 Å². The van der Waals surface area contributed by atoms with Crippen LogP contribution in [-0.2, 0) is 6.42 Å². The summed E-state index contributed by atoms with van der Waals surface area (Å²) in [5.74, 6) is 1.12. The summed E-state index contributed by atoms with van der Waals surface area (Å²) in [6, 6.07) is 9.03. The van der Waals surface area contributed by atoms with Gasteiger partial charge in [-0.2, -0.15) is 0 Å². The molecule has 0 spiro atoms. The van der Waals surface area contributed by atoms with Crippen molar-refractivity contribution < 1.29 is 4.39 Å². The van der Waals surface area contributed by atoms with Gasteiger partial charge in [0, 0.05) is 0 Å². The van der Waals surface area contributed by atoms with Crippen molar-refractivity contribution in [3.8, 4) is 0 Å². The Morgan fingerprint density at radius 3 is 2.37 bits per heavy atom. The minimum atomic E-state index is 0.452. The summed E-state index contributed by atoms with van der Waals surface area (Å²) < 4.78 is 12.2. The number of hydrogen-bond donors (Lipinski definition) is 0. The van der Waals surface area contributed by atoms with E-state index in [1.54, 1.807) is 6.08 Å². The number of halogens is 1. The summed E-state index contributed by atoms with van der Waals surface area (Å²) in [5, 5.41) is 0. The summed E-state index contributed by atoms with van der Waals surface area (Å²) in [6.07, 6.45) is 11.1. The van der Waals surface area contributed by atoms with E-state index in [9.17, 15) is 4.39 Å². The summed E-state index contributed by atoms with van der Waals surface area (Å²) in [6.45, 7) is 3.76. The molecule has 0 aromatic heterocycles. The largest absolute Gasteiger partial charge is 0.216 e. The van der Waals surface area contributed by atoms with Gasteiger partial charge in [-0.15, -0.1) is 6.58 Å². The van der Waals surface area contributed by atoms with E-state index in [4.69, 9.17) is 0 Å². The molecule has 1 heteroatoms. The molecule has 1 fully saturated rings. The maximum Gasteiger partial charge on any atom is 0.0829 e. The molecule has 1 saturated carbocycles.